The molecule has 3 rings (SSSR count). The first-order valence-electron chi connectivity index (χ1n) is 7.02. The molecule has 3 atom stereocenters. The van der Waals surface area contributed by atoms with E-state index >= 15 is 0 Å². The van der Waals surface area contributed by atoms with Gasteiger partial charge in [-0.3, -0.25) is 4.79 Å². The van der Waals surface area contributed by atoms with E-state index < -0.39 is 17.6 Å². The lowest BCUT2D eigenvalue weighted by Gasteiger charge is -2.23. The highest BCUT2D eigenvalue weighted by atomic mass is 79.9. The molecule has 2 aliphatic rings. The molecule has 0 saturated heterocycles. The largest absolute Gasteiger partial charge is 0.417 e. The summed E-state index contributed by atoms with van der Waals surface area (Å²) in [6.45, 7) is 0. The third-order valence-corrected chi connectivity index (χ3v) is 5.28. The molecule has 1 N–H and O–H groups in total. The number of benzene rings is 1. The third-order valence-electron chi connectivity index (χ3n) is 4.59. The maximum Gasteiger partial charge on any atom is 0.417 e. The molecular weight excluding hydrogens is 347 g/mol. The minimum absolute atomic E-state index is 0.0496. The highest BCUT2D eigenvalue weighted by Crippen LogP contribution is 2.44. The van der Waals surface area contributed by atoms with Crippen molar-refractivity contribution in [2.24, 2.45) is 11.8 Å². The maximum absolute atomic E-state index is 12.9. The molecule has 0 heterocycles. The summed E-state index contributed by atoms with van der Waals surface area (Å²) in [5.41, 5.74) is -0.753. The summed E-state index contributed by atoms with van der Waals surface area (Å²) < 4.78 is 38.5. The number of hydrogen-bond donors (Lipinski definition) is 1. The van der Waals surface area contributed by atoms with Gasteiger partial charge in [0, 0.05) is 16.1 Å². The van der Waals surface area contributed by atoms with Crippen molar-refractivity contribution < 1.29 is 18.0 Å². The zero-order valence-corrected chi connectivity index (χ0v) is 12.8. The van der Waals surface area contributed by atoms with E-state index in [0.717, 1.165) is 25.3 Å². The summed E-state index contributed by atoms with van der Waals surface area (Å²) in [5.74, 6) is 0.762. The van der Waals surface area contributed by atoms with Crippen LogP contribution in [0.4, 0.5) is 13.2 Å². The molecule has 2 fully saturated rings. The molecule has 0 aliphatic heterocycles. The number of nitrogens with one attached hydrogen (secondary N) is 1. The number of amides is 1. The van der Waals surface area contributed by atoms with Gasteiger partial charge in [-0.2, -0.15) is 13.2 Å². The Hall–Kier alpha value is -1.04. The summed E-state index contributed by atoms with van der Waals surface area (Å²) >= 11 is 2.88. The van der Waals surface area contributed by atoms with E-state index in [1.807, 2.05) is 0 Å². The van der Waals surface area contributed by atoms with Crippen LogP contribution < -0.4 is 5.32 Å². The molecule has 2 bridgehead atoms. The number of fused-ring (bicyclic) bond motifs is 2. The smallest absolute Gasteiger partial charge is 0.349 e. The van der Waals surface area contributed by atoms with Crippen molar-refractivity contribution in [3.63, 3.8) is 0 Å². The molecule has 1 amide bonds. The van der Waals surface area contributed by atoms with Crippen molar-refractivity contribution >= 4 is 21.8 Å². The van der Waals surface area contributed by atoms with Crippen LogP contribution in [0.1, 0.15) is 41.6 Å². The van der Waals surface area contributed by atoms with Crippen LogP contribution in [0.2, 0.25) is 0 Å². The Balaban J connectivity index is 1.76. The standard InChI is InChI=1S/C15H15BrF3NO/c16-12-4-3-10(7-11(12)15(17,18)19)14(21)20-13-6-8-1-2-9(13)5-8/h3-4,7-9,13H,1-2,5-6H2,(H,20,21). The SMILES string of the molecule is O=C(NC1CC2CCC1C2)c1ccc(Br)c(C(F)(F)F)c1. The molecule has 2 aliphatic carbocycles. The van der Waals surface area contributed by atoms with Gasteiger partial charge in [-0.25, -0.2) is 0 Å². The first-order chi connectivity index (χ1) is 9.84. The Kier molecular flexibility index (Phi) is 3.76. The Labute approximate surface area is 129 Å². The van der Waals surface area contributed by atoms with Crippen LogP contribution in [-0.4, -0.2) is 11.9 Å². The second-order valence-corrected chi connectivity index (χ2v) is 6.80. The monoisotopic (exact) mass is 361 g/mol. The fourth-order valence-electron chi connectivity index (χ4n) is 3.56. The fraction of sp³-hybridized carbons (Fsp3) is 0.533. The third kappa shape index (κ3) is 2.96. The highest BCUT2D eigenvalue weighted by molar-refractivity contribution is 9.10. The van der Waals surface area contributed by atoms with E-state index in [0.29, 0.717) is 11.8 Å². The lowest BCUT2D eigenvalue weighted by molar-refractivity contribution is -0.138. The summed E-state index contributed by atoms with van der Waals surface area (Å²) in [4.78, 5) is 12.2. The molecule has 0 aromatic heterocycles. The van der Waals surface area contributed by atoms with Crippen LogP contribution in [-0.2, 0) is 6.18 Å². The van der Waals surface area contributed by atoms with Gasteiger partial charge in [0.2, 0.25) is 0 Å². The molecule has 0 radical (unpaired) electrons. The first kappa shape index (κ1) is 14.9. The highest BCUT2D eigenvalue weighted by Gasteiger charge is 2.40. The van der Waals surface area contributed by atoms with Crippen LogP contribution in [0, 0.1) is 11.8 Å². The molecule has 21 heavy (non-hydrogen) atoms. The number of halogens is 4. The lowest BCUT2D eigenvalue weighted by Crippen LogP contribution is -2.38. The van der Waals surface area contributed by atoms with Crippen LogP contribution in [0.25, 0.3) is 0 Å². The van der Waals surface area contributed by atoms with Crippen LogP contribution in [0.5, 0.6) is 0 Å². The number of alkyl halides is 3. The lowest BCUT2D eigenvalue weighted by atomic mass is 9.95. The normalized spacial score (nSPS) is 27.9. The summed E-state index contributed by atoms with van der Waals surface area (Å²) in [5, 5.41) is 2.90. The Bertz CT molecular complexity index is 573. The van der Waals surface area contributed by atoms with Crippen molar-refractivity contribution in [1.82, 2.24) is 5.32 Å². The van der Waals surface area contributed by atoms with Gasteiger partial charge >= 0.3 is 6.18 Å². The van der Waals surface area contributed by atoms with Gasteiger partial charge in [0.15, 0.2) is 0 Å². The molecule has 1 aromatic rings. The van der Waals surface area contributed by atoms with Gasteiger partial charge in [0.1, 0.15) is 0 Å². The maximum atomic E-state index is 12.9. The summed E-state index contributed by atoms with van der Waals surface area (Å²) in [7, 11) is 0. The van der Waals surface area contributed by atoms with E-state index in [1.54, 1.807) is 0 Å². The van der Waals surface area contributed by atoms with E-state index in [-0.39, 0.29) is 16.1 Å². The van der Waals surface area contributed by atoms with Crippen molar-refractivity contribution in [3.05, 3.63) is 33.8 Å². The summed E-state index contributed by atoms with van der Waals surface area (Å²) in [6.07, 6.45) is -0.0446. The van der Waals surface area contributed by atoms with Gasteiger partial charge in [-0.05, 0) is 49.3 Å². The first-order valence-corrected chi connectivity index (χ1v) is 7.81. The Morgan fingerprint density at radius 2 is 2.00 bits per heavy atom. The summed E-state index contributed by atoms with van der Waals surface area (Å²) in [6, 6.07) is 3.72. The Morgan fingerprint density at radius 3 is 2.57 bits per heavy atom. The Morgan fingerprint density at radius 1 is 1.24 bits per heavy atom. The molecule has 1 aromatic carbocycles. The second-order valence-electron chi connectivity index (χ2n) is 5.95. The molecular formula is C15H15BrF3NO. The van der Waals surface area contributed by atoms with E-state index in [2.05, 4.69) is 21.2 Å². The van der Waals surface area contributed by atoms with Crippen molar-refractivity contribution in [2.45, 2.75) is 37.9 Å². The van der Waals surface area contributed by atoms with Gasteiger partial charge < -0.3 is 5.32 Å². The van der Waals surface area contributed by atoms with Gasteiger partial charge in [0.25, 0.3) is 5.91 Å². The predicted octanol–water partition coefficient (Wildman–Crippen LogP) is 4.39. The van der Waals surface area contributed by atoms with Gasteiger partial charge in [-0.1, -0.05) is 22.4 Å². The van der Waals surface area contributed by atoms with Crippen LogP contribution >= 0.6 is 15.9 Å². The van der Waals surface area contributed by atoms with Crippen molar-refractivity contribution in [2.75, 3.05) is 0 Å². The molecule has 2 nitrogen and oxygen atoms in total. The van der Waals surface area contributed by atoms with Crippen LogP contribution in [0.15, 0.2) is 22.7 Å². The molecule has 6 heteroatoms. The zero-order valence-electron chi connectivity index (χ0n) is 11.2. The minimum Gasteiger partial charge on any atom is -0.349 e. The number of rotatable bonds is 2. The van der Waals surface area contributed by atoms with E-state index in [4.69, 9.17) is 0 Å². The minimum atomic E-state index is -4.47. The molecule has 2 saturated carbocycles. The molecule has 3 unspecified atom stereocenters. The number of carbonyl (C=O) groups excluding carboxylic acids is 1. The second kappa shape index (κ2) is 5.30. The van der Waals surface area contributed by atoms with Crippen LogP contribution in [0.3, 0.4) is 0 Å². The number of carbonyl (C=O) groups is 1. The average molecular weight is 362 g/mol. The molecule has 0 spiro atoms. The topological polar surface area (TPSA) is 29.1 Å². The van der Waals surface area contributed by atoms with Gasteiger partial charge in [0.05, 0.1) is 5.56 Å². The number of hydrogen-bond acceptors (Lipinski definition) is 1. The fourth-order valence-corrected chi connectivity index (χ4v) is 4.03. The predicted molar refractivity (Wildman–Crippen MR) is 75.8 cm³/mol. The zero-order chi connectivity index (χ0) is 15.2. The quantitative estimate of drug-likeness (QED) is 0.831. The average Bonchev–Trinajstić information content (AvgIpc) is 3.00. The van der Waals surface area contributed by atoms with Crippen molar-refractivity contribution in [1.29, 1.82) is 0 Å². The van der Waals surface area contributed by atoms with Gasteiger partial charge in [-0.15, -0.1) is 0 Å². The molecule has 114 valence electrons. The van der Waals surface area contributed by atoms with E-state index in [1.165, 1.54) is 18.6 Å². The van der Waals surface area contributed by atoms with E-state index in [9.17, 15) is 18.0 Å². The van der Waals surface area contributed by atoms with Crippen molar-refractivity contribution in [3.8, 4) is 0 Å².